The van der Waals surface area contributed by atoms with E-state index in [0.29, 0.717) is 0 Å². The van der Waals surface area contributed by atoms with Gasteiger partial charge in [0.1, 0.15) is 5.60 Å². The van der Waals surface area contributed by atoms with Crippen LogP contribution in [0.1, 0.15) is 18.9 Å². The van der Waals surface area contributed by atoms with Gasteiger partial charge in [-0.25, -0.2) is 0 Å². The van der Waals surface area contributed by atoms with Crippen LogP contribution in [-0.2, 0) is 10.3 Å². The molecule has 1 fully saturated rings. The molecule has 0 spiro atoms. The van der Waals surface area contributed by atoms with Crippen LogP contribution in [0.4, 0.5) is 0 Å². The topological polar surface area (TPSA) is 9.23 Å². The van der Waals surface area contributed by atoms with Crippen molar-refractivity contribution in [1.29, 1.82) is 0 Å². The van der Waals surface area contributed by atoms with E-state index < -0.39 is 0 Å². The van der Waals surface area contributed by atoms with Gasteiger partial charge in [0, 0.05) is 13.0 Å². The number of halogens is 1. The molecule has 1 nitrogen and oxygen atoms in total. The second-order valence-electron chi connectivity index (χ2n) is 3.36. The first-order valence-corrected chi connectivity index (χ1v) is 5.07. The lowest BCUT2D eigenvalue weighted by Gasteiger charge is -2.16. The molecule has 0 heterocycles. The van der Waals surface area contributed by atoms with E-state index in [1.165, 1.54) is 5.56 Å². The SMILES string of the molecule is CCO[C@@]1(c2ccccc2)C[C@@H]1Cl. The minimum Gasteiger partial charge on any atom is -0.369 e. The van der Waals surface area contributed by atoms with Crippen LogP contribution in [0.5, 0.6) is 0 Å². The summed E-state index contributed by atoms with van der Waals surface area (Å²) in [6.07, 6.45) is 0.937. The van der Waals surface area contributed by atoms with Gasteiger partial charge in [0.2, 0.25) is 0 Å². The molecular formula is C11H13ClO. The van der Waals surface area contributed by atoms with Gasteiger partial charge < -0.3 is 4.74 Å². The summed E-state index contributed by atoms with van der Waals surface area (Å²) in [4.78, 5) is 0. The third kappa shape index (κ3) is 1.47. The van der Waals surface area contributed by atoms with Crippen molar-refractivity contribution in [3.63, 3.8) is 0 Å². The zero-order valence-electron chi connectivity index (χ0n) is 7.66. The molecule has 2 heteroatoms. The van der Waals surface area contributed by atoms with E-state index >= 15 is 0 Å². The van der Waals surface area contributed by atoms with Crippen molar-refractivity contribution in [3.05, 3.63) is 35.9 Å². The van der Waals surface area contributed by atoms with E-state index in [0.717, 1.165) is 13.0 Å². The molecule has 2 rings (SSSR count). The summed E-state index contributed by atoms with van der Waals surface area (Å²) in [6, 6.07) is 10.2. The first-order chi connectivity index (χ1) is 6.29. The standard InChI is InChI=1S/C11H13ClO/c1-2-13-11(8-10(11)12)9-6-4-3-5-7-9/h3-7,10H,2,8H2,1H3/t10-,11+/m0/s1. The number of benzene rings is 1. The molecule has 0 aliphatic heterocycles. The highest BCUT2D eigenvalue weighted by molar-refractivity contribution is 6.23. The Morgan fingerprint density at radius 3 is 2.54 bits per heavy atom. The maximum absolute atomic E-state index is 6.10. The average molecular weight is 197 g/mol. The second-order valence-corrected chi connectivity index (χ2v) is 3.89. The van der Waals surface area contributed by atoms with E-state index in [1.807, 2.05) is 25.1 Å². The highest BCUT2D eigenvalue weighted by Crippen LogP contribution is 2.52. The van der Waals surface area contributed by atoms with Crippen molar-refractivity contribution in [1.82, 2.24) is 0 Å². The largest absolute Gasteiger partial charge is 0.369 e. The fraction of sp³-hybridized carbons (Fsp3) is 0.455. The lowest BCUT2D eigenvalue weighted by molar-refractivity contribution is 0.0406. The summed E-state index contributed by atoms with van der Waals surface area (Å²) in [5.41, 5.74) is 1.02. The van der Waals surface area contributed by atoms with Gasteiger partial charge in [-0.3, -0.25) is 0 Å². The van der Waals surface area contributed by atoms with Crippen LogP contribution >= 0.6 is 11.6 Å². The Balaban J connectivity index is 2.24. The molecule has 70 valence electrons. The highest BCUT2D eigenvalue weighted by atomic mass is 35.5. The van der Waals surface area contributed by atoms with Crippen molar-refractivity contribution in [2.75, 3.05) is 6.61 Å². The van der Waals surface area contributed by atoms with Crippen molar-refractivity contribution in [2.24, 2.45) is 0 Å². The first kappa shape index (κ1) is 9.04. The molecule has 0 N–H and O–H groups in total. The number of hydrogen-bond acceptors (Lipinski definition) is 1. The zero-order valence-corrected chi connectivity index (χ0v) is 8.42. The predicted molar refractivity (Wildman–Crippen MR) is 54.0 cm³/mol. The Hall–Kier alpha value is -0.530. The summed E-state index contributed by atoms with van der Waals surface area (Å²) in [5, 5.41) is 0.148. The third-order valence-electron chi connectivity index (χ3n) is 2.49. The minimum atomic E-state index is -0.183. The van der Waals surface area contributed by atoms with Gasteiger partial charge in [0.15, 0.2) is 0 Å². The molecule has 0 unspecified atom stereocenters. The van der Waals surface area contributed by atoms with Gasteiger partial charge in [0.25, 0.3) is 0 Å². The lowest BCUT2D eigenvalue weighted by atomic mass is 10.1. The predicted octanol–water partition coefficient (Wildman–Crippen LogP) is 2.93. The molecule has 13 heavy (non-hydrogen) atoms. The normalized spacial score (nSPS) is 31.7. The van der Waals surface area contributed by atoms with Crippen molar-refractivity contribution in [3.8, 4) is 0 Å². The Morgan fingerprint density at radius 2 is 2.08 bits per heavy atom. The molecule has 0 saturated heterocycles. The maximum Gasteiger partial charge on any atom is 0.111 e. The van der Waals surface area contributed by atoms with Gasteiger partial charge >= 0.3 is 0 Å². The minimum absolute atomic E-state index is 0.148. The van der Waals surface area contributed by atoms with Crippen molar-refractivity contribution < 1.29 is 4.74 Å². The van der Waals surface area contributed by atoms with Gasteiger partial charge in [0.05, 0.1) is 5.38 Å². The van der Waals surface area contributed by atoms with Gasteiger partial charge in [-0.15, -0.1) is 11.6 Å². The molecule has 0 amide bonds. The number of rotatable bonds is 3. The van der Waals surface area contributed by atoms with Crippen LogP contribution in [0, 0.1) is 0 Å². The number of ether oxygens (including phenoxy) is 1. The fourth-order valence-electron chi connectivity index (χ4n) is 1.72. The summed E-state index contributed by atoms with van der Waals surface area (Å²) >= 11 is 6.10. The van der Waals surface area contributed by atoms with Gasteiger partial charge in [-0.05, 0) is 12.5 Å². The third-order valence-corrected chi connectivity index (χ3v) is 3.00. The smallest absolute Gasteiger partial charge is 0.111 e. The van der Waals surface area contributed by atoms with Crippen LogP contribution in [0.15, 0.2) is 30.3 Å². The Kier molecular flexibility index (Phi) is 2.31. The molecule has 1 aliphatic carbocycles. The number of hydrogen-bond donors (Lipinski definition) is 0. The van der Waals surface area contributed by atoms with Crippen LogP contribution in [0.3, 0.4) is 0 Å². The van der Waals surface area contributed by atoms with Crippen LogP contribution in [0.2, 0.25) is 0 Å². The fourth-order valence-corrected chi connectivity index (χ4v) is 2.13. The van der Waals surface area contributed by atoms with E-state index in [9.17, 15) is 0 Å². The van der Waals surface area contributed by atoms with E-state index in [4.69, 9.17) is 16.3 Å². The Labute approximate surface area is 83.7 Å². The zero-order chi connectivity index (χ0) is 9.31. The molecule has 1 aliphatic rings. The molecule has 0 aromatic heterocycles. The Morgan fingerprint density at radius 1 is 1.46 bits per heavy atom. The molecule has 1 aromatic carbocycles. The van der Waals surface area contributed by atoms with E-state index in [2.05, 4.69) is 12.1 Å². The molecule has 1 aromatic rings. The molecule has 2 atom stereocenters. The summed E-state index contributed by atoms with van der Waals surface area (Å²) in [5.74, 6) is 0. The maximum atomic E-state index is 6.10. The van der Waals surface area contributed by atoms with E-state index in [-0.39, 0.29) is 11.0 Å². The van der Waals surface area contributed by atoms with Crippen molar-refractivity contribution >= 4 is 11.6 Å². The van der Waals surface area contributed by atoms with Crippen LogP contribution in [0.25, 0.3) is 0 Å². The molecule has 1 saturated carbocycles. The quantitative estimate of drug-likeness (QED) is 0.676. The second kappa shape index (κ2) is 3.32. The molecule has 0 bridgehead atoms. The Bertz CT molecular complexity index is 285. The summed E-state index contributed by atoms with van der Waals surface area (Å²) in [7, 11) is 0. The average Bonchev–Trinajstić information content (AvgIpc) is 2.80. The lowest BCUT2D eigenvalue weighted by Crippen LogP contribution is -2.15. The molecule has 0 radical (unpaired) electrons. The molecular weight excluding hydrogens is 184 g/mol. The van der Waals surface area contributed by atoms with Gasteiger partial charge in [-0.1, -0.05) is 30.3 Å². The van der Waals surface area contributed by atoms with Crippen molar-refractivity contribution in [2.45, 2.75) is 24.3 Å². The van der Waals surface area contributed by atoms with Gasteiger partial charge in [-0.2, -0.15) is 0 Å². The summed E-state index contributed by atoms with van der Waals surface area (Å²) < 4.78 is 5.71. The van der Waals surface area contributed by atoms with Crippen LogP contribution < -0.4 is 0 Å². The summed E-state index contributed by atoms with van der Waals surface area (Å²) in [6.45, 7) is 2.73. The first-order valence-electron chi connectivity index (χ1n) is 4.63. The number of alkyl halides is 1. The highest BCUT2D eigenvalue weighted by Gasteiger charge is 2.55. The van der Waals surface area contributed by atoms with E-state index in [1.54, 1.807) is 0 Å². The van der Waals surface area contributed by atoms with Crippen LogP contribution in [-0.4, -0.2) is 12.0 Å². The monoisotopic (exact) mass is 196 g/mol.